The van der Waals surface area contributed by atoms with Gasteiger partial charge in [0.05, 0.1) is 0 Å². The van der Waals surface area contributed by atoms with E-state index < -0.39 is 23.5 Å². The SMILES string of the molecule is CC1C(C(=O)O)=CC=CC1(O)C(=O)O. The summed E-state index contributed by atoms with van der Waals surface area (Å²) in [4.78, 5) is 21.4. The van der Waals surface area contributed by atoms with Gasteiger partial charge in [0.1, 0.15) is 0 Å². The average molecular weight is 198 g/mol. The van der Waals surface area contributed by atoms with Crippen LogP contribution < -0.4 is 0 Å². The first-order chi connectivity index (χ1) is 6.39. The lowest BCUT2D eigenvalue weighted by Crippen LogP contribution is -2.45. The van der Waals surface area contributed by atoms with Gasteiger partial charge in [0, 0.05) is 11.5 Å². The fourth-order valence-corrected chi connectivity index (χ4v) is 1.34. The van der Waals surface area contributed by atoms with Crippen molar-refractivity contribution in [3.05, 3.63) is 23.8 Å². The van der Waals surface area contributed by atoms with Gasteiger partial charge in [-0.25, -0.2) is 9.59 Å². The fourth-order valence-electron chi connectivity index (χ4n) is 1.34. The molecule has 0 fully saturated rings. The molecule has 3 N–H and O–H groups in total. The van der Waals surface area contributed by atoms with E-state index in [1.54, 1.807) is 0 Å². The highest BCUT2D eigenvalue weighted by atomic mass is 16.4. The van der Waals surface area contributed by atoms with E-state index >= 15 is 0 Å². The maximum absolute atomic E-state index is 10.7. The van der Waals surface area contributed by atoms with Crippen LogP contribution >= 0.6 is 0 Å². The molecular formula is C9H10O5. The van der Waals surface area contributed by atoms with Gasteiger partial charge >= 0.3 is 11.9 Å². The number of allylic oxidation sites excluding steroid dienone is 2. The molecular weight excluding hydrogens is 188 g/mol. The highest BCUT2D eigenvalue weighted by Gasteiger charge is 2.44. The summed E-state index contributed by atoms with van der Waals surface area (Å²) in [5, 5.41) is 27.1. The molecule has 0 heterocycles. The molecule has 0 bridgehead atoms. The van der Waals surface area contributed by atoms with E-state index in [2.05, 4.69) is 0 Å². The van der Waals surface area contributed by atoms with Crippen molar-refractivity contribution in [3.8, 4) is 0 Å². The first-order valence-electron chi connectivity index (χ1n) is 3.98. The Hall–Kier alpha value is -1.62. The molecule has 5 heteroatoms. The zero-order valence-corrected chi connectivity index (χ0v) is 7.47. The molecule has 1 rings (SSSR count). The molecule has 1 aliphatic carbocycles. The van der Waals surface area contributed by atoms with Crippen LogP contribution in [0.15, 0.2) is 23.8 Å². The molecule has 0 aromatic heterocycles. The lowest BCUT2D eigenvalue weighted by Gasteiger charge is -2.29. The topological polar surface area (TPSA) is 94.8 Å². The van der Waals surface area contributed by atoms with Crippen LogP contribution in [-0.4, -0.2) is 32.9 Å². The standard InChI is InChI=1S/C9H10O5/c1-5-6(7(10)11)3-2-4-9(5,14)8(12)13/h2-5,14H,1H3,(H,10,11)(H,12,13). The van der Waals surface area contributed by atoms with Crippen LogP contribution in [0.3, 0.4) is 0 Å². The molecule has 76 valence electrons. The zero-order valence-electron chi connectivity index (χ0n) is 7.47. The fraction of sp³-hybridized carbons (Fsp3) is 0.333. The first kappa shape index (κ1) is 10.5. The predicted octanol–water partition coefficient (Wildman–Crippen LogP) is 0.0190. The highest BCUT2D eigenvalue weighted by Crippen LogP contribution is 2.30. The van der Waals surface area contributed by atoms with Crippen molar-refractivity contribution in [2.24, 2.45) is 5.92 Å². The number of hydrogen-bond donors (Lipinski definition) is 3. The van der Waals surface area contributed by atoms with Gasteiger partial charge in [-0.15, -0.1) is 0 Å². The van der Waals surface area contributed by atoms with E-state index in [0.29, 0.717) is 0 Å². The summed E-state index contributed by atoms with van der Waals surface area (Å²) in [6.45, 7) is 1.36. The van der Waals surface area contributed by atoms with Gasteiger partial charge in [-0.05, 0) is 6.08 Å². The van der Waals surface area contributed by atoms with Crippen molar-refractivity contribution in [2.75, 3.05) is 0 Å². The molecule has 14 heavy (non-hydrogen) atoms. The minimum atomic E-state index is -2.12. The molecule has 1 aliphatic rings. The van der Waals surface area contributed by atoms with E-state index in [9.17, 15) is 14.7 Å². The van der Waals surface area contributed by atoms with Gasteiger partial charge in [-0.2, -0.15) is 0 Å². The molecule has 0 aliphatic heterocycles. The quantitative estimate of drug-likeness (QED) is 0.581. The number of carbonyl (C=O) groups is 2. The number of aliphatic carboxylic acids is 2. The van der Waals surface area contributed by atoms with Crippen LogP contribution in [-0.2, 0) is 9.59 Å². The molecule has 5 nitrogen and oxygen atoms in total. The Balaban J connectivity index is 3.11. The number of hydrogen-bond acceptors (Lipinski definition) is 3. The first-order valence-corrected chi connectivity index (χ1v) is 3.98. The Morgan fingerprint density at radius 3 is 2.43 bits per heavy atom. The Bertz CT molecular complexity index is 341. The molecule has 2 unspecified atom stereocenters. The number of carboxylic acid groups (broad SMARTS) is 2. The van der Waals surface area contributed by atoms with Crippen LogP contribution in [0.2, 0.25) is 0 Å². The summed E-state index contributed by atoms with van der Waals surface area (Å²) < 4.78 is 0. The minimum absolute atomic E-state index is 0.114. The largest absolute Gasteiger partial charge is 0.479 e. The van der Waals surface area contributed by atoms with Crippen LogP contribution in [0.4, 0.5) is 0 Å². The second-order valence-corrected chi connectivity index (χ2v) is 3.14. The molecule has 0 spiro atoms. The predicted molar refractivity (Wildman–Crippen MR) is 46.6 cm³/mol. The summed E-state index contributed by atoms with van der Waals surface area (Å²) in [5.41, 5.74) is -2.24. The normalized spacial score (nSPS) is 31.0. The van der Waals surface area contributed by atoms with Crippen molar-refractivity contribution < 1.29 is 24.9 Å². The molecule has 0 saturated heterocycles. The Kier molecular flexibility index (Phi) is 2.44. The number of rotatable bonds is 2. The molecule has 2 atom stereocenters. The molecule has 0 amide bonds. The van der Waals surface area contributed by atoms with Gasteiger partial charge in [-0.1, -0.05) is 19.1 Å². The van der Waals surface area contributed by atoms with E-state index in [1.165, 1.54) is 19.1 Å². The summed E-state index contributed by atoms with van der Waals surface area (Å²) in [7, 11) is 0. The van der Waals surface area contributed by atoms with Crippen molar-refractivity contribution in [1.29, 1.82) is 0 Å². The Morgan fingerprint density at radius 1 is 1.43 bits per heavy atom. The van der Waals surface area contributed by atoms with Gasteiger partial charge < -0.3 is 15.3 Å². The minimum Gasteiger partial charge on any atom is -0.479 e. The van der Waals surface area contributed by atoms with E-state index in [0.717, 1.165) is 6.08 Å². The third-order valence-corrected chi connectivity index (χ3v) is 2.34. The van der Waals surface area contributed by atoms with E-state index in [-0.39, 0.29) is 5.57 Å². The number of aliphatic hydroxyl groups is 1. The number of carboxylic acids is 2. The van der Waals surface area contributed by atoms with Crippen LogP contribution in [0.5, 0.6) is 0 Å². The Labute approximate surface area is 80.0 Å². The third kappa shape index (κ3) is 1.42. The maximum atomic E-state index is 10.7. The molecule has 0 radical (unpaired) electrons. The average Bonchev–Trinajstić information content (AvgIpc) is 2.09. The van der Waals surface area contributed by atoms with Crippen molar-refractivity contribution in [1.82, 2.24) is 0 Å². The zero-order chi connectivity index (χ0) is 10.9. The monoisotopic (exact) mass is 198 g/mol. The lowest BCUT2D eigenvalue weighted by atomic mass is 9.79. The van der Waals surface area contributed by atoms with Gasteiger partial charge in [0.25, 0.3) is 0 Å². The molecule has 0 aromatic rings. The van der Waals surface area contributed by atoms with Crippen LogP contribution in [0, 0.1) is 5.92 Å². The summed E-state index contributed by atoms with van der Waals surface area (Å²) in [5.74, 6) is -3.64. The molecule has 0 saturated carbocycles. The maximum Gasteiger partial charge on any atom is 0.340 e. The van der Waals surface area contributed by atoms with Gasteiger partial charge in [-0.3, -0.25) is 0 Å². The smallest absolute Gasteiger partial charge is 0.340 e. The summed E-state index contributed by atoms with van der Waals surface area (Å²) >= 11 is 0. The second-order valence-electron chi connectivity index (χ2n) is 3.14. The van der Waals surface area contributed by atoms with Gasteiger partial charge in [0.15, 0.2) is 5.60 Å². The van der Waals surface area contributed by atoms with E-state index in [4.69, 9.17) is 10.2 Å². The van der Waals surface area contributed by atoms with Crippen molar-refractivity contribution in [2.45, 2.75) is 12.5 Å². The van der Waals surface area contributed by atoms with Gasteiger partial charge in [0.2, 0.25) is 0 Å². The van der Waals surface area contributed by atoms with Crippen molar-refractivity contribution >= 4 is 11.9 Å². The lowest BCUT2D eigenvalue weighted by molar-refractivity contribution is -0.157. The highest BCUT2D eigenvalue weighted by molar-refractivity contribution is 5.92. The Morgan fingerprint density at radius 2 is 2.00 bits per heavy atom. The van der Waals surface area contributed by atoms with E-state index in [1.807, 2.05) is 0 Å². The third-order valence-electron chi connectivity index (χ3n) is 2.34. The van der Waals surface area contributed by atoms with Crippen molar-refractivity contribution in [3.63, 3.8) is 0 Å². The molecule has 0 aromatic carbocycles. The summed E-state index contributed by atoms with van der Waals surface area (Å²) in [6, 6.07) is 0. The second kappa shape index (κ2) is 3.26. The summed E-state index contributed by atoms with van der Waals surface area (Å²) in [6.07, 6.45) is 3.59. The van der Waals surface area contributed by atoms with Crippen LogP contribution in [0.25, 0.3) is 0 Å². The van der Waals surface area contributed by atoms with Crippen LogP contribution in [0.1, 0.15) is 6.92 Å².